The van der Waals surface area contributed by atoms with Gasteiger partial charge in [0.05, 0.1) is 31.3 Å². The minimum Gasteiger partial charge on any atom is -0.393 e. The molecular weight excluding hydrogens is 753 g/mol. The molecule has 1 fully saturated rings. The smallest absolute Gasteiger partial charge is 0.393 e. The van der Waals surface area contributed by atoms with Gasteiger partial charge >= 0.3 is 7.82 Å². The van der Waals surface area contributed by atoms with Crippen molar-refractivity contribution < 1.29 is 59.0 Å². The second-order valence-corrected chi connectivity index (χ2v) is 16.4. The molecule has 0 aliphatic heterocycles. The van der Waals surface area contributed by atoms with Gasteiger partial charge in [0, 0.05) is 0 Å². The second kappa shape index (κ2) is 32.8. The number of carbonyl (C=O) groups is 1. The maximum atomic E-state index is 12.9. The molecule has 1 aliphatic carbocycles. The number of phosphoric acid groups is 1. The van der Waals surface area contributed by atoms with Crippen molar-refractivity contribution in [2.45, 2.75) is 197 Å². The SMILES string of the molecule is CCCC/C=C/CC/C=C/CC/C=C/C(O)C(COP(=O)(O)OC1C(O)C(O)C(O)C(O)C1O)NC(=O)CC(O)CCCCCCC/C=C\C/C=C\CCCCC. The zero-order chi connectivity index (χ0) is 42.3. The van der Waals surface area contributed by atoms with E-state index in [1.807, 2.05) is 6.08 Å². The molecule has 57 heavy (non-hydrogen) atoms. The third-order valence-corrected chi connectivity index (χ3v) is 10.8. The summed E-state index contributed by atoms with van der Waals surface area (Å²) in [4.78, 5) is 23.3. The van der Waals surface area contributed by atoms with E-state index >= 15 is 0 Å². The van der Waals surface area contributed by atoms with Crippen LogP contribution in [0.2, 0.25) is 0 Å². The van der Waals surface area contributed by atoms with Crippen molar-refractivity contribution in [3.63, 3.8) is 0 Å². The quantitative estimate of drug-likeness (QED) is 0.0207. The lowest BCUT2D eigenvalue weighted by Gasteiger charge is -2.41. The van der Waals surface area contributed by atoms with E-state index in [0.717, 1.165) is 70.6 Å². The summed E-state index contributed by atoms with van der Waals surface area (Å²) in [6.07, 6.45) is 24.6. The fourth-order valence-corrected chi connectivity index (χ4v) is 7.19. The van der Waals surface area contributed by atoms with Crippen molar-refractivity contribution in [3.05, 3.63) is 60.8 Å². The van der Waals surface area contributed by atoms with Crippen LogP contribution in [0.15, 0.2) is 60.8 Å². The number of aliphatic hydroxyl groups excluding tert-OH is 7. The van der Waals surface area contributed by atoms with E-state index in [1.54, 1.807) is 6.08 Å². The van der Waals surface area contributed by atoms with Crippen molar-refractivity contribution in [2.24, 2.45) is 0 Å². The highest BCUT2D eigenvalue weighted by atomic mass is 31.2. The van der Waals surface area contributed by atoms with Crippen LogP contribution in [-0.4, -0.2) is 108 Å². The number of nitrogens with one attached hydrogen (secondary N) is 1. The Morgan fingerprint density at radius 1 is 0.632 bits per heavy atom. The molecule has 8 atom stereocenters. The molecular formula is C43H76NO12P. The third kappa shape index (κ3) is 25.3. The van der Waals surface area contributed by atoms with Gasteiger partial charge in [0.15, 0.2) is 0 Å². The number of phosphoric ester groups is 1. The normalized spacial score (nSPS) is 24.6. The molecule has 8 unspecified atom stereocenters. The van der Waals surface area contributed by atoms with E-state index in [1.165, 1.54) is 38.2 Å². The first kappa shape index (κ1) is 53.0. The molecule has 1 aliphatic rings. The van der Waals surface area contributed by atoms with Gasteiger partial charge in [-0.3, -0.25) is 13.8 Å². The first-order valence-electron chi connectivity index (χ1n) is 21.3. The maximum absolute atomic E-state index is 12.9. The Kier molecular flexibility index (Phi) is 30.5. The lowest BCUT2D eigenvalue weighted by molar-refractivity contribution is -0.220. The molecule has 9 N–H and O–H groups in total. The molecule has 0 aromatic heterocycles. The third-order valence-electron chi connectivity index (χ3n) is 9.80. The zero-order valence-electron chi connectivity index (χ0n) is 34.5. The highest BCUT2D eigenvalue weighted by molar-refractivity contribution is 7.47. The van der Waals surface area contributed by atoms with Crippen molar-refractivity contribution >= 4 is 13.7 Å². The molecule has 0 radical (unpaired) electrons. The molecule has 0 bridgehead atoms. The van der Waals surface area contributed by atoms with Crippen LogP contribution < -0.4 is 5.32 Å². The van der Waals surface area contributed by atoms with Crippen LogP contribution in [-0.2, 0) is 18.4 Å². The first-order valence-corrected chi connectivity index (χ1v) is 22.8. The standard InChI is InChI=1S/C43H76NO12P/c1-3-5-7-9-11-13-15-17-18-19-20-22-24-26-28-30-34(45)32-37(47)44-35(36(46)31-29-27-25-23-21-16-14-12-10-8-6-4-2)33-55-57(53,54)56-43-41(51)39(49)38(48)40(50)42(43)52/h10-13,17-18,21,23,29,31,34-36,38-43,45-46,48-52H,3-9,14-16,19-20,22,24-28,30,32-33H2,1-2H3,(H,44,47)(H,53,54)/b12-10+,13-11-,18-17-,23-21+,31-29+. The molecule has 14 heteroatoms. The zero-order valence-corrected chi connectivity index (χ0v) is 35.4. The Morgan fingerprint density at radius 3 is 1.70 bits per heavy atom. The van der Waals surface area contributed by atoms with Crippen LogP contribution >= 0.6 is 7.82 Å². The summed E-state index contributed by atoms with van der Waals surface area (Å²) >= 11 is 0. The summed E-state index contributed by atoms with van der Waals surface area (Å²) in [6, 6.07) is -1.27. The summed E-state index contributed by atoms with van der Waals surface area (Å²) in [5.41, 5.74) is 0. The Bertz CT molecular complexity index is 1210. The van der Waals surface area contributed by atoms with Crippen molar-refractivity contribution in [2.75, 3.05) is 6.61 Å². The van der Waals surface area contributed by atoms with Gasteiger partial charge in [-0.15, -0.1) is 0 Å². The van der Waals surface area contributed by atoms with E-state index in [-0.39, 0.29) is 6.42 Å². The minimum atomic E-state index is -5.15. The fraction of sp³-hybridized carbons (Fsp3) is 0.744. The van der Waals surface area contributed by atoms with E-state index in [0.29, 0.717) is 19.3 Å². The van der Waals surface area contributed by atoms with Gasteiger partial charge in [0.25, 0.3) is 0 Å². The Balaban J connectivity index is 2.63. The van der Waals surface area contributed by atoms with E-state index in [4.69, 9.17) is 9.05 Å². The number of hydrogen-bond acceptors (Lipinski definition) is 11. The van der Waals surface area contributed by atoms with Gasteiger partial charge < -0.3 is 46.0 Å². The average molecular weight is 830 g/mol. The Morgan fingerprint density at radius 2 is 1.11 bits per heavy atom. The van der Waals surface area contributed by atoms with Crippen LogP contribution in [0.5, 0.6) is 0 Å². The lowest BCUT2D eigenvalue weighted by Crippen LogP contribution is -2.64. The van der Waals surface area contributed by atoms with Crippen LogP contribution in [0, 0.1) is 0 Å². The summed E-state index contributed by atoms with van der Waals surface area (Å²) in [7, 11) is -5.15. The lowest BCUT2D eigenvalue weighted by atomic mass is 9.85. The number of rotatable bonds is 33. The van der Waals surface area contributed by atoms with Gasteiger partial charge in [-0.1, -0.05) is 126 Å². The van der Waals surface area contributed by atoms with Gasteiger partial charge in [-0.25, -0.2) is 4.57 Å². The van der Waals surface area contributed by atoms with Crippen LogP contribution in [0.4, 0.5) is 0 Å². The largest absolute Gasteiger partial charge is 0.472 e. The van der Waals surface area contributed by atoms with Gasteiger partial charge in [0.2, 0.25) is 5.91 Å². The molecule has 13 nitrogen and oxygen atoms in total. The number of unbranched alkanes of at least 4 members (excludes halogenated alkanes) is 12. The van der Waals surface area contributed by atoms with Crippen LogP contribution in [0.3, 0.4) is 0 Å². The summed E-state index contributed by atoms with van der Waals surface area (Å²) in [5, 5.41) is 74.2. The van der Waals surface area contributed by atoms with Crippen LogP contribution in [0.25, 0.3) is 0 Å². The summed E-state index contributed by atoms with van der Waals surface area (Å²) < 4.78 is 22.8. The summed E-state index contributed by atoms with van der Waals surface area (Å²) in [5.74, 6) is -0.620. The molecule has 1 rings (SSSR count). The fourth-order valence-electron chi connectivity index (χ4n) is 6.23. The number of allylic oxidation sites excluding steroid dienone is 9. The molecule has 1 amide bonds. The van der Waals surface area contributed by atoms with Gasteiger partial charge in [-0.05, 0) is 70.6 Å². The molecule has 0 saturated heterocycles. The highest BCUT2D eigenvalue weighted by Crippen LogP contribution is 2.47. The maximum Gasteiger partial charge on any atom is 0.472 e. The minimum absolute atomic E-state index is 0.269. The number of aliphatic hydroxyl groups is 7. The highest BCUT2D eigenvalue weighted by Gasteiger charge is 2.51. The van der Waals surface area contributed by atoms with E-state index in [9.17, 15) is 50.0 Å². The topological polar surface area (TPSA) is 226 Å². The summed E-state index contributed by atoms with van der Waals surface area (Å²) in [6.45, 7) is 3.61. The van der Waals surface area contributed by atoms with Gasteiger partial charge in [-0.2, -0.15) is 0 Å². The first-order chi connectivity index (χ1) is 27.3. The number of carbonyl (C=O) groups excluding carboxylic acids is 1. The predicted octanol–water partition coefficient (Wildman–Crippen LogP) is 6.14. The number of hydrogen-bond donors (Lipinski definition) is 9. The molecule has 1 saturated carbocycles. The van der Waals surface area contributed by atoms with E-state index in [2.05, 4.69) is 61.7 Å². The number of amides is 1. The average Bonchev–Trinajstić information content (AvgIpc) is 3.18. The Hall–Kier alpha value is -2.00. The van der Waals surface area contributed by atoms with Gasteiger partial charge in [0.1, 0.15) is 36.6 Å². The van der Waals surface area contributed by atoms with E-state index < -0.39 is 75.2 Å². The molecule has 330 valence electrons. The van der Waals surface area contributed by atoms with Crippen molar-refractivity contribution in [1.29, 1.82) is 0 Å². The second-order valence-electron chi connectivity index (χ2n) is 15.0. The molecule has 0 heterocycles. The predicted molar refractivity (Wildman–Crippen MR) is 224 cm³/mol. The molecule has 0 aromatic rings. The van der Waals surface area contributed by atoms with Crippen molar-refractivity contribution in [3.8, 4) is 0 Å². The van der Waals surface area contributed by atoms with Crippen molar-refractivity contribution in [1.82, 2.24) is 5.32 Å². The van der Waals surface area contributed by atoms with Crippen LogP contribution in [0.1, 0.15) is 142 Å². The molecule has 0 aromatic carbocycles. The monoisotopic (exact) mass is 830 g/mol. The Labute approximate surface area is 341 Å². The molecule has 0 spiro atoms.